The van der Waals surface area contributed by atoms with Crippen LogP contribution in [-0.2, 0) is 11.3 Å². The number of likely N-dealkylation sites (tertiary alicyclic amines) is 1. The monoisotopic (exact) mass is 373 g/mol. The van der Waals surface area contributed by atoms with Crippen LogP contribution in [0.15, 0.2) is 29.7 Å². The van der Waals surface area contributed by atoms with Crippen molar-refractivity contribution in [3.8, 4) is 11.4 Å². The highest BCUT2D eigenvalue weighted by Crippen LogP contribution is 2.26. The molecule has 0 radical (unpaired) electrons. The molecule has 0 spiro atoms. The second-order valence-corrected chi connectivity index (χ2v) is 8.17. The lowest BCUT2D eigenvalue weighted by molar-refractivity contribution is -0.130. The Balaban J connectivity index is 1.70. The minimum Gasteiger partial charge on any atom is -0.341 e. The summed E-state index contributed by atoms with van der Waals surface area (Å²) in [5, 5.41) is 9.51. The van der Waals surface area contributed by atoms with Gasteiger partial charge in [-0.05, 0) is 36.8 Å². The molecule has 3 rings (SSSR count). The van der Waals surface area contributed by atoms with Gasteiger partial charge in [0.1, 0.15) is 0 Å². The van der Waals surface area contributed by atoms with Crippen LogP contribution in [-0.4, -0.2) is 49.4 Å². The first-order valence-electron chi connectivity index (χ1n) is 9.32. The first kappa shape index (κ1) is 18.9. The van der Waals surface area contributed by atoms with E-state index < -0.39 is 0 Å². The number of amides is 1. The zero-order chi connectivity index (χ0) is 18.5. The Hall–Kier alpha value is -1.89. The molecule has 2 atom stereocenters. The third-order valence-electron chi connectivity index (χ3n) is 4.65. The summed E-state index contributed by atoms with van der Waals surface area (Å²) in [4.78, 5) is 18.7. The molecular formula is C19H27N5OS. The quantitative estimate of drug-likeness (QED) is 0.727. The minimum absolute atomic E-state index is 0.199. The van der Waals surface area contributed by atoms with Gasteiger partial charge in [0.05, 0.1) is 5.75 Å². The second kappa shape index (κ2) is 8.66. The van der Waals surface area contributed by atoms with Crippen LogP contribution in [0, 0.1) is 11.8 Å². The summed E-state index contributed by atoms with van der Waals surface area (Å²) in [5.41, 5.74) is 0.998. The van der Waals surface area contributed by atoms with Crippen molar-refractivity contribution in [2.24, 2.45) is 11.8 Å². The number of thioether (sulfide) groups is 1. The van der Waals surface area contributed by atoms with Gasteiger partial charge in [-0.2, -0.15) is 0 Å². The van der Waals surface area contributed by atoms with E-state index in [4.69, 9.17) is 0 Å². The summed E-state index contributed by atoms with van der Waals surface area (Å²) >= 11 is 1.49. The zero-order valence-corrected chi connectivity index (χ0v) is 16.6. The van der Waals surface area contributed by atoms with E-state index in [1.54, 1.807) is 12.4 Å². The molecule has 1 fully saturated rings. The van der Waals surface area contributed by atoms with Gasteiger partial charge in [-0.3, -0.25) is 9.78 Å². The highest BCUT2D eigenvalue weighted by atomic mass is 32.2. The molecule has 2 aromatic heterocycles. The van der Waals surface area contributed by atoms with Gasteiger partial charge in [0, 0.05) is 37.6 Å². The number of aromatic nitrogens is 4. The number of nitrogens with zero attached hydrogens (tertiary/aromatic N) is 5. The number of hydrogen-bond donors (Lipinski definition) is 0. The predicted molar refractivity (Wildman–Crippen MR) is 104 cm³/mol. The number of hydrogen-bond acceptors (Lipinski definition) is 5. The molecule has 1 amide bonds. The van der Waals surface area contributed by atoms with Crippen LogP contribution < -0.4 is 0 Å². The van der Waals surface area contributed by atoms with E-state index in [0.29, 0.717) is 17.6 Å². The van der Waals surface area contributed by atoms with Crippen LogP contribution in [0.2, 0.25) is 0 Å². The van der Waals surface area contributed by atoms with Gasteiger partial charge in [0.2, 0.25) is 5.91 Å². The van der Waals surface area contributed by atoms with Crippen LogP contribution in [0.25, 0.3) is 11.4 Å². The second-order valence-electron chi connectivity index (χ2n) is 7.23. The van der Waals surface area contributed by atoms with E-state index in [2.05, 4.69) is 40.5 Å². The Bertz CT molecular complexity index is 723. The number of rotatable bonds is 6. The molecule has 6 nitrogen and oxygen atoms in total. The zero-order valence-electron chi connectivity index (χ0n) is 15.8. The van der Waals surface area contributed by atoms with Gasteiger partial charge in [-0.15, -0.1) is 10.2 Å². The van der Waals surface area contributed by atoms with Crippen molar-refractivity contribution in [2.75, 3.05) is 18.8 Å². The third-order valence-corrected chi connectivity index (χ3v) is 5.60. The SMILES string of the molecule is CCCn1c(SCC(=O)N2CC(C)CC(C)C2)nnc1-c1ccncc1. The first-order chi connectivity index (χ1) is 12.6. The molecule has 2 aromatic rings. The predicted octanol–water partition coefficient (Wildman–Crippen LogP) is 3.35. The van der Waals surface area contributed by atoms with E-state index in [1.807, 2.05) is 17.0 Å². The Morgan fingerprint density at radius 2 is 1.88 bits per heavy atom. The molecule has 1 aliphatic heterocycles. The van der Waals surface area contributed by atoms with Gasteiger partial charge in [-0.25, -0.2) is 0 Å². The molecule has 0 aliphatic carbocycles. The summed E-state index contributed by atoms with van der Waals surface area (Å²) in [6.45, 7) is 9.15. The fraction of sp³-hybridized carbons (Fsp3) is 0.579. The lowest BCUT2D eigenvalue weighted by Gasteiger charge is -2.34. The Kier molecular flexibility index (Phi) is 6.29. The van der Waals surface area contributed by atoms with Gasteiger partial charge >= 0.3 is 0 Å². The average Bonchev–Trinajstić information content (AvgIpc) is 3.02. The molecule has 2 unspecified atom stereocenters. The fourth-order valence-corrected chi connectivity index (χ4v) is 4.49. The van der Waals surface area contributed by atoms with Crippen molar-refractivity contribution in [2.45, 2.75) is 45.3 Å². The molecule has 7 heteroatoms. The average molecular weight is 374 g/mol. The summed E-state index contributed by atoms with van der Waals surface area (Å²) in [6.07, 6.45) is 5.71. The van der Waals surface area contributed by atoms with Crippen LogP contribution in [0.1, 0.15) is 33.6 Å². The molecule has 0 N–H and O–H groups in total. The van der Waals surface area contributed by atoms with Crippen molar-refractivity contribution in [3.63, 3.8) is 0 Å². The summed E-state index contributed by atoms with van der Waals surface area (Å²) < 4.78 is 2.11. The molecule has 1 saturated heterocycles. The van der Waals surface area contributed by atoms with Gasteiger partial charge in [0.15, 0.2) is 11.0 Å². The molecule has 0 saturated carbocycles. The smallest absolute Gasteiger partial charge is 0.233 e. The molecule has 1 aliphatic rings. The van der Waals surface area contributed by atoms with Gasteiger partial charge in [0.25, 0.3) is 0 Å². The summed E-state index contributed by atoms with van der Waals surface area (Å²) in [5.74, 6) is 2.61. The molecule has 3 heterocycles. The van der Waals surface area contributed by atoms with Gasteiger partial charge in [-0.1, -0.05) is 32.5 Å². The van der Waals surface area contributed by atoms with Crippen molar-refractivity contribution in [1.82, 2.24) is 24.6 Å². The van der Waals surface area contributed by atoms with Crippen LogP contribution >= 0.6 is 11.8 Å². The normalized spacial score (nSPS) is 20.3. The molecule has 0 aromatic carbocycles. The largest absolute Gasteiger partial charge is 0.341 e. The van der Waals surface area contributed by atoms with Crippen LogP contribution in [0.5, 0.6) is 0 Å². The van der Waals surface area contributed by atoms with Crippen molar-refractivity contribution < 1.29 is 4.79 Å². The molecular weight excluding hydrogens is 346 g/mol. The lowest BCUT2D eigenvalue weighted by atomic mass is 9.92. The highest BCUT2D eigenvalue weighted by Gasteiger charge is 2.26. The Morgan fingerprint density at radius 3 is 2.54 bits per heavy atom. The maximum atomic E-state index is 12.6. The maximum Gasteiger partial charge on any atom is 0.233 e. The molecule has 140 valence electrons. The van der Waals surface area contributed by atoms with Crippen molar-refractivity contribution in [3.05, 3.63) is 24.5 Å². The van der Waals surface area contributed by atoms with E-state index in [0.717, 1.165) is 42.6 Å². The lowest BCUT2D eigenvalue weighted by Crippen LogP contribution is -2.43. The number of piperidine rings is 1. The number of carbonyl (C=O) groups is 1. The van der Waals surface area contributed by atoms with E-state index in [-0.39, 0.29) is 5.91 Å². The van der Waals surface area contributed by atoms with E-state index in [1.165, 1.54) is 18.2 Å². The molecule has 26 heavy (non-hydrogen) atoms. The third kappa shape index (κ3) is 4.44. The van der Waals surface area contributed by atoms with Crippen molar-refractivity contribution >= 4 is 17.7 Å². The standard InChI is InChI=1S/C19H27N5OS/c1-4-9-24-18(16-5-7-20-8-6-16)21-22-19(24)26-13-17(25)23-11-14(2)10-15(3)12-23/h5-8,14-15H,4,9-13H2,1-3H3. The highest BCUT2D eigenvalue weighted by molar-refractivity contribution is 7.99. The number of pyridine rings is 1. The first-order valence-corrected chi connectivity index (χ1v) is 10.3. The fourth-order valence-electron chi connectivity index (χ4n) is 3.62. The van der Waals surface area contributed by atoms with Crippen molar-refractivity contribution in [1.29, 1.82) is 0 Å². The van der Waals surface area contributed by atoms with Crippen LogP contribution in [0.3, 0.4) is 0 Å². The van der Waals surface area contributed by atoms with E-state index >= 15 is 0 Å². The molecule has 0 bridgehead atoms. The minimum atomic E-state index is 0.199. The summed E-state index contributed by atoms with van der Waals surface area (Å²) in [6, 6.07) is 3.87. The van der Waals surface area contributed by atoms with E-state index in [9.17, 15) is 4.79 Å². The summed E-state index contributed by atoms with van der Waals surface area (Å²) in [7, 11) is 0. The topological polar surface area (TPSA) is 63.9 Å². The van der Waals surface area contributed by atoms with Crippen LogP contribution in [0.4, 0.5) is 0 Å². The Labute approximate surface area is 159 Å². The maximum absolute atomic E-state index is 12.6. The number of carbonyl (C=O) groups excluding carboxylic acids is 1. The Morgan fingerprint density at radius 1 is 1.19 bits per heavy atom. The van der Waals surface area contributed by atoms with Gasteiger partial charge < -0.3 is 9.47 Å².